The molecule has 0 saturated heterocycles. The Balaban J connectivity index is 1.57. The summed E-state index contributed by atoms with van der Waals surface area (Å²) in [6, 6.07) is 9.92. The molecule has 2 aromatic heterocycles. The van der Waals surface area contributed by atoms with Gasteiger partial charge >= 0.3 is 6.09 Å². The zero-order valence-electron chi connectivity index (χ0n) is 18.4. The van der Waals surface area contributed by atoms with Gasteiger partial charge in [-0.1, -0.05) is 34.8 Å². The maximum absolute atomic E-state index is 14.5. The third-order valence-corrected chi connectivity index (χ3v) is 5.57. The summed E-state index contributed by atoms with van der Waals surface area (Å²) in [6.07, 6.45) is 4.05. The van der Waals surface area contributed by atoms with E-state index in [9.17, 15) is 14.0 Å². The maximum atomic E-state index is 14.5. The lowest BCUT2D eigenvalue weighted by Gasteiger charge is -2.14. The summed E-state index contributed by atoms with van der Waals surface area (Å²) in [5.74, 6) is -0.169. The Bertz CT molecular complexity index is 1280. The predicted octanol–water partition coefficient (Wildman–Crippen LogP) is 6.53. The van der Waals surface area contributed by atoms with E-state index in [4.69, 9.17) is 39.5 Å². The molecule has 0 spiro atoms. The Morgan fingerprint density at radius 3 is 2.49 bits per heavy atom. The van der Waals surface area contributed by atoms with Gasteiger partial charge in [0.2, 0.25) is 9.70 Å². The molecule has 4 rings (SSSR count). The van der Waals surface area contributed by atoms with Crippen LogP contribution in [0.1, 0.15) is 18.4 Å². The molecule has 0 radical (unpaired) electrons. The lowest BCUT2D eigenvalue weighted by atomic mass is 9.98. The number of hydrogen-bond acceptors (Lipinski definition) is 5. The number of aryl methyl sites for hydroxylation is 1. The summed E-state index contributed by atoms with van der Waals surface area (Å²) in [5.41, 5.74) is 3.35. The van der Waals surface area contributed by atoms with Crippen LogP contribution >= 0.6 is 34.8 Å². The number of carbonyl (C=O) groups excluding carboxylic acids is 2. The molecule has 0 atom stereocenters. The van der Waals surface area contributed by atoms with Gasteiger partial charge in [-0.2, -0.15) is 0 Å². The van der Waals surface area contributed by atoms with E-state index in [1.165, 1.54) is 12.1 Å². The van der Waals surface area contributed by atoms with E-state index < -0.39 is 22.3 Å². The van der Waals surface area contributed by atoms with Crippen LogP contribution < -0.4 is 10.6 Å². The van der Waals surface area contributed by atoms with Gasteiger partial charge in [0.1, 0.15) is 18.2 Å². The zero-order chi connectivity index (χ0) is 25.2. The van der Waals surface area contributed by atoms with E-state index >= 15 is 0 Å². The second-order valence-corrected chi connectivity index (χ2v) is 10.6. The summed E-state index contributed by atoms with van der Waals surface area (Å²) < 4.78 is 17.6. The highest BCUT2D eigenvalue weighted by Crippen LogP contribution is 2.33. The third-order valence-electron chi connectivity index (χ3n) is 5.24. The fourth-order valence-electron chi connectivity index (χ4n) is 3.36. The predicted molar refractivity (Wildman–Crippen MR) is 134 cm³/mol. The van der Waals surface area contributed by atoms with Crippen LogP contribution in [-0.2, 0) is 9.53 Å². The summed E-state index contributed by atoms with van der Waals surface area (Å²) in [7, 11) is 0. The van der Waals surface area contributed by atoms with Gasteiger partial charge in [0.05, 0.1) is 11.4 Å². The van der Waals surface area contributed by atoms with Crippen molar-refractivity contribution in [3.05, 3.63) is 60.2 Å². The smallest absolute Gasteiger partial charge is 0.411 e. The lowest BCUT2D eigenvalue weighted by Crippen LogP contribution is -2.21. The van der Waals surface area contributed by atoms with Gasteiger partial charge in [-0.25, -0.2) is 14.2 Å². The summed E-state index contributed by atoms with van der Waals surface area (Å²) in [6.45, 7) is 1.26. The van der Waals surface area contributed by atoms with Crippen molar-refractivity contribution in [1.82, 2.24) is 9.97 Å². The van der Waals surface area contributed by atoms with Crippen LogP contribution in [0.3, 0.4) is 0 Å². The molecule has 2 N–H and O–H groups in total. The quantitative estimate of drug-likeness (QED) is 0.349. The van der Waals surface area contributed by atoms with Crippen molar-refractivity contribution < 1.29 is 18.7 Å². The number of benzene rings is 1. The van der Waals surface area contributed by atoms with Crippen molar-refractivity contribution in [2.45, 2.75) is 23.6 Å². The van der Waals surface area contributed by atoms with Gasteiger partial charge in [0.15, 0.2) is 0 Å². The fourth-order valence-corrected chi connectivity index (χ4v) is 3.52. The number of hydrogen-bond donors (Lipinski definition) is 2. The number of amides is 2. The van der Waals surface area contributed by atoms with E-state index in [0.717, 1.165) is 24.0 Å². The van der Waals surface area contributed by atoms with Gasteiger partial charge in [-0.05, 0) is 72.9 Å². The molecule has 0 aliphatic heterocycles. The minimum Gasteiger partial charge on any atom is -0.445 e. The van der Waals surface area contributed by atoms with Crippen molar-refractivity contribution in [2.24, 2.45) is 5.92 Å². The summed E-state index contributed by atoms with van der Waals surface area (Å²) >= 11 is 16.7. The van der Waals surface area contributed by atoms with Gasteiger partial charge in [0.25, 0.3) is 0 Å². The van der Waals surface area contributed by atoms with Crippen molar-refractivity contribution in [3.63, 3.8) is 0 Å². The highest BCUT2D eigenvalue weighted by molar-refractivity contribution is 6.67. The molecule has 1 fully saturated rings. The molecule has 1 aliphatic carbocycles. The highest BCUT2D eigenvalue weighted by Gasteiger charge is 2.29. The first-order valence-corrected chi connectivity index (χ1v) is 11.8. The average molecular weight is 538 g/mol. The highest BCUT2D eigenvalue weighted by atomic mass is 35.6. The number of alkyl halides is 3. The molecule has 1 saturated carbocycles. The number of pyridine rings is 2. The number of anilines is 2. The molecule has 0 bridgehead atoms. The number of rotatable bonds is 6. The van der Waals surface area contributed by atoms with Crippen LogP contribution in [0.15, 0.2) is 48.8 Å². The molecule has 2 heterocycles. The molecular formula is C24H20Cl3FN4O3. The van der Waals surface area contributed by atoms with Crippen LogP contribution in [0, 0.1) is 18.7 Å². The number of carbonyl (C=O) groups is 2. The summed E-state index contributed by atoms with van der Waals surface area (Å²) in [4.78, 5) is 32.7. The van der Waals surface area contributed by atoms with Crippen LogP contribution in [-0.4, -0.2) is 32.4 Å². The summed E-state index contributed by atoms with van der Waals surface area (Å²) in [5, 5.41) is 5.15. The first-order valence-electron chi connectivity index (χ1n) is 10.6. The minimum atomic E-state index is -1.78. The first-order chi connectivity index (χ1) is 16.6. The standard InChI is InChI=1S/C24H20Cl3FN4O3/c1-13-8-18(28)20(31-23(34)35-12-24(25,26)27)11-17(13)15-4-6-29-19(9-15)16-5-7-30-21(10-16)32-22(33)14-2-3-14/h4-11,14H,2-3,12H2,1H3,(H,31,34)(H,30,32,33). The number of nitrogens with one attached hydrogen (secondary N) is 2. The monoisotopic (exact) mass is 536 g/mol. The van der Waals surface area contributed by atoms with Crippen LogP contribution in [0.2, 0.25) is 0 Å². The Hall–Kier alpha value is -2.94. The minimum absolute atomic E-state index is 0.0364. The molecule has 35 heavy (non-hydrogen) atoms. The molecule has 1 aliphatic rings. The molecule has 3 aromatic rings. The topological polar surface area (TPSA) is 93.2 Å². The van der Waals surface area contributed by atoms with Crippen molar-refractivity contribution in [3.8, 4) is 22.4 Å². The van der Waals surface area contributed by atoms with Crippen LogP contribution in [0.25, 0.3) is 22.4 Å². The fraction of sp³-hybridized carbons (Fsp3) is 0.250. The Morgan fingerprint density at radius 1 is 1.06 bits per heavy atom. The number of halogens is 4. The SMILES string of the molecule is Cc1cc(F)c(NC(=O)OCC(Cl)(Cl)Cl)cc1-c1ccnc(-c2ccnc(NC(=O)C3CC3)c2)c1. The second-order valence-electron chi connectivity index (χ2n) is 8.09. The maximum Gasteiger partial charge on any atom is 0.411 e. The Morgan fingerprint density at radius 2 is 1.77 bits per heavy atom. The normalized spacial score (nSPS) is 13.3. The molecule has 0 unspecified atom stereocenters. The number of ether oxygens (including phenoxy) is 1. The van der Waals surface area contributed by atoms with Crippen LogP contribution in [0.5, 0.6) is 0 Å². The largest absolute Gasteiger partial charge is 0.445 e. The van der Waals surface area contributed by atoms with Gasteiger partial charge in [0, 0.05) is 23.9 Å². The molecule has 7 nitrogen and oxygen atoms in total. The first kappa shape index (κ1) is 25.2. The molecule has 2 amide bonds. The molecular weight excluding hydrogens is 518 g/mol. The van der Waals surface area contributed by atoms with E-state index in [2.05, 4.69) is 20.6 Å². The zero-order valence-corrected chi connectivity index (χ0v) is 20.7. The van der Waals surface area contributed by atoms with E-state index in [1.54, 1.807) is 37.5 Å². The van der Waals surface area contributed by atoms with Crippen molar-refractivity contribution >= 4 is 58.3 Å². The van der Waals surface area contributed by atoms with Crippen LogP contribution in [0.4, 0.5) is 20.7 Å². The van der Waals surface area contributed by atoms with Crippen molar-refractivity contribution in [1.29, 1.82) is 0 Å². The van der Waals surface area contributed by atoms with E-state index in [-0.39, 0.29) is 17.5 Å². The molecule has 182 valence electrons. The van der Waals surface area contributed by atoms with Gasteiger partial charge in [-0.3, -0.25) is 15.1 Å². The Labute approximate surface area is 216 Å². The van der Waals surface area contributed by atoms with E-state index in [0.29, 0.717) is 22.6 Å². The third kappa shape index (κ3) is 6.81. The molecule has 11 heteroatoms. The van der Waals surface area contributed by atoms with Gasteiger partial charge < -0.3 is 10.1 Å². The second kappa shape index (κ2) is 10.4. The number of nitrogens with zero attached hydrogens (tertiary/aromatic N) is 2. The average Bonchev–Trinajstić information content (AvgIpc) is 3.65. The number of aromatic nitrogens is 2. The van der Waals surface area contributed by atoms with Crippen molar-refractivity contribution in [2.75, 3.05) is 17.2 Å². The van der Waals surface area contributed by atoms with Gasteiger partial charge in [-0.15, -0.1) is 0 Å². The Kier molecular flexibility index (Phi) is 7.44. The molecule has 1 aromatic carbocycles. The van der Waals surface area contributed by atoms with E-state index in [1.807, 2.05) is 6.07 Å². The lowest BCUT2D eigenvalue weighted by molar-refractivity contribution is -0.117.